The summed E-state index contributed by atoms with van der Waals surface area (Å²) in [6.07, 6.45) is 8.96. The van der Waals surface area contributed by atoms with Crippen molar-refractivity contribution in [3.05, 3.63) is 47.3 Å². The van der Waals surface area contributed by atoms with Crippen LogP contribution in [0.5, 0.6) is 0 Å². The van der Waals surface area contributed by atoms with Gasteiger partial charge in [-0.2, -0.15) is 5.10 Å². The number of rotatable bonds is 5. The zero-order valence-electron chi connectivity index (χ0n) is 16.2. The van der Waals surface area contributed by atoms with E-state index in [9.17, 15) is 4.79 Å². The number of aromatic amines is 1. The third-order valence-corrected chi connectivity index (χ3v) is 6.16. The van der Waals surface area contributed by atoms with Crippen LogP contribution in [0.2, 0.25) is 0 Å². The standard InChI is InChI=1S/C22H30N4O/c1-16-7-9-19(10-8-16)26-12-11-17(15-26)13-23-22(27)20-14-24-25-21(20)18-5-3-2-4-6-18/h7-10,14,17-18H,2-6,11-13,15H2,1H3,(H,23,27)(H,24,25). The average Bonchev–Trinajstić information content (AvgIpc) is 3.37. The van der Waals surface area contributed by atoms with Crippen molar-refractivity contribution in [3.8, 4) is 0 Å². The highest BCUT2D eigenvalue weighted by Gasteiger charge is 2.26. The van der Waals surface area contributed by atoms with E-state index < -0.39 is 0 Å². The molecular weight excluding hydrogens is 336 g/mol. The molecule has 2 fully saturated rings. The summed E-state index contributed by atoms with van der Waals surface area (Å²) in [5.74, 6) is 0.990. The lowest BCUT2D eigenvalue weighted by atomic mass is 9.85. The summed E-state index contributed by atoms with van der Waals surface area (Å²) >= 11 is 0. The molecule has 0 bridgehead atoms. The predicted molar refractivity (Wildman–Crippen MR) is 108 cm³/mol. The molecule has 1 aliphatic carbocycles. The Bertz CT molecular complexity index is 761. The van der Waals surface area contributed by atoms with E-state index in [1.54, 1.807) is 6.20 Å². The molecule has 1 amide bonds. The highest BCUT2D eigenvalue weighted by molar-refractivity contribution is 5.95. The number of hydrogen-bond acceptors (Lipinski definition) is 3. The van der Waals surface area contributed by atoms with Crippen molar-refractivity contribution < 1.29 is 4.79 Å². The van der Waals surface area contributed by atoms with E-state index in [-0.39, 0.29) is 5.91 Å². The molecule has 1 unspecified atom stereocenters. The number of nitrogens with one attached hydrogen (secondary N) is 2. The molecule has 4 rings (SSSR count). The van der Waals surface area contributed by atoms with Crippen molar-refractivity contribution in [3.63, 3.8) is 0 Å². The smallest absolute Gasteiger partial charge is 0.254 e. The van der Waals surface area contributed by atoms with Crippen LogP contribution >= 0.6 is 0 Å². The fourth-order valence-corrected chi connectivity index (χ4v) is 4.50. The van der Waals surface area contributed by atoms with Crippen LogP contribution < -0.4 is 10.2 Å². The van der Waals surface area contributed by atoms with Crippen LogP contribution in [0, 0.1) is 12.8 Å². The molecule has 1 atom stereocenters. The van der Waals surface area contributed by atoms with E-state index in [1.165, 1.54) is 30.5 Å². The molecule has 1 aliphatic heterocycles. The second-order valence-electron chi connectivity index (χ2n) is 8.18. The van der Waals surface area contributed by atoms with Gasteiger partial charge in [0.2, 0.25) is 0 Å². The molecule has 2 aliphatic rings. The minimum Gasteiger partial charge on any atom is -0.371 e. The second-order valence-corrected chi connectivity index (χ2v) is 8.18. The Morgan fingerprint density at radius 1 is 1.19 bits per heavy atom. The molecule has 2 aromatic rings. The monoisotopic (exact) mass is 366 g/mol. The molecule has 1 aromatic heterocycles. The Kier molecular flexibility index (Phi) is 5.46. The number of aromatic nitrogens is 2. The summed E-state index contributed by atoms with van der Waals surface area (Å²) < 4.78 is 0. The fraction of sp³-hybridized carbons (Fsp3) is 0.545. The quantitative estimate of drug-likeness (QED) is 0.840. The highest BCUT2D eigenvalue weighted by atomic mass is 16.1. The van der Waals surface area contributed by atoms with Crippen LogP contribution in [0.4, 0.5) is 5.69 Å². The number of hydrogen-bond donors (Lipinski definition) is 2. The van der Waals surface area contributed by atoms with Crippen LogP contribution in [-0.4, -0.2) is 35.7 Å². The number of carbonyl (C=O) groups excluding carboxylic acids is 1. The van der Waals surface area contributed by atoms with Crippen LogP contribution in [0.15, 0.2) is 30.5 Å². The van der Waals surface area contributed by atoms with E-state index >= 15 is 0 Å². The molecule has 0 spiro atoms. The van der Waals surface area contributed by atoms with Crippen LogP contribution in [0.1, 0.15) is 66.1 Å². The van der Waals surface area contributed by atoms with E-state index in [1.807, 2.05) is 0 Å². The number of H-pyrrole nitrogens is 1. The molecule has 5 heteroatoms. The van der Waals surface area contributed by atoms with Gasteiger partial charge in [-0.3, -0.25) is 9.89 Å². The average molecular weight is 367 g/mol. The lowest BCUT2D eigenvalue weighted by Crippen LogP contribution is -2.31. The van der Waals surface area contributed by atoms with Crippen molar-refractivity contribution in [1.29, 1.82) is 0 Å². The Balaban J connectivity index is 1.31. The minimum atomic E-state index is 0.0260. The van der Waals surface area contributed by atoms with Gasteiger partial charge in [-0.1, -0.05) is 37.0 Å². The highest BCUT2D eigenvalue weighted by Crippen LogP contribution is 2.33. The zero-order valence-corrected chi connectivity index (χ0v) is 16.2. The first-order valence-corrected chi connectivity index (χ1v) is 10.3. The predicted octanol–water partition coefficient (Wildman–Crippen LogP) is 4.02. The summed E-state index contributed by atoms with van der Waals surface area (Å²) in [7, 11) is 0. The lowest BCUT2D eigenvalue weighted by molar-refractivity contribution is 0.0946. The number of anilines is 1. The molecule has 1 aromatic carbocycles. The maximum absolute atomic E-state index is 12.7. The first-order chi connectivity index (χ1) is 13.2. The van der Waals surface area contributed by atoms with Gasteiger partial charge in [-0.25, -0.2) is 0 Å². The molecular formula is C22H30N4O. The Hall–Kier alpha value is -2.30. The van der Waals surface area contributed by atoms with E-state index in [4.69, 9.17) is 0 Å². The summed E-state index contributed by atoms with van der Waals surface area (Å²) in [6.45, 7) is 4.91. The molecule has 2 N–H and O–H groups in total. The molecule has 0 radical (unpaired) electrons. The number of carbonyl (C=O) groups is 1. The van der Waals surface area contributed by atoms with Crippen molar-refractivity contribution in [2.24, 2.45) is 5.92 Å². The van der Waals surface area contributed by atoms with Crippen molar-refractivity contribution in [2.45, 2.75) is 51.4 Å². The molecule has 144 valence electrons. The van der Waals surface area contributed by atoms with Crippen LogP contribution in [0.25, 0.3) is 0 Å². The van der Waals surface area contributed by atoms with Gasteiger partial charge in [-0.15, -0.1) is 0 Å². The molecule has 1 saturated heterocycles. The van der Waals surface area contributed by atoms with E-state index in [2.05, 4.69) is 51.6 Å². The van der Waals surface area contributed by atoms with Gasteiger partial charge in [0, 0.05) is 31.2 Å². The van der Waals surface area contributed by atoms with Crippen molar-refractivity contribution >= 4 is 11.6 Å². The number of amides is 1. The maximum atomic E-state index is 12.7. The normalized spacial score (nSPS) is 20.8. The second kappa shape index (κ2) is 8.15. The van der Waals surface area contributed by atoms with Crippen molar-refractivity contribution in [1.82, 2.24) is 15.5 Å². The number of aryl methyl sites for hydroxylation is 1. The molecule has 2 heterocycles. The zero-order chi connectivity index (χ0) is 18.6. The summed E-state index contributed by atoms with van der Waals surface area (Å²) in [5.41, 5.74) is 4.36. The minimum absolute atomic E-state index is 0.0260. The number of benzene rings is 1. The van der Waals surface area contributed by atoms with Gasteiger partial charge in [0.1, 0.15) is 0 Å². The van der Waals surface area contributed by atoms with Gasteiger partial charge in [0.25, 0.3) is 5.91 Å². The first-order valence-electron chi connectivity index (χ1n) is 10.3. The van der Waals surface area contributed by atoms with Gasteiger partial charge in [0.15, 0.2) is 0 Å². The van der Waals surface area contributed by atoms with Gasteiger partial charge < -0.3 is 10.2 Å². The molecule has 1 saturated carbocycles. The summed E-state index contributed by atoms with van der Waals surface area (Å²) in [5, 5.41) is 10.4. The van der Waals surface area contributed by atoms with Gasteiger partial charge in [0.05, 0.1) is 17.5 Å². The van der Waals surface area contributed by atoms with Crippen molar-refractivity contribution in [2.75, 3.05) is 24.5 Å². The number of nitrogens with zero attached hydrogens (tertiary/aromatic N) is 2. The Labute approximate surface area is 161 Å². The third kappa shape index (κ3) is 4.18. The fourth-order valence-electron chi connectivity index (χ4n) is 4.50. The largest absolute Gasteiger partial charge is 0.371 e. The lowest BCUT2D eigenvalue weighted by Gasteiger charge is -2.21. The van der Waals surface area contributed by atoms with Gasteiger partial charge >= 0.3 is 0 Å². The first kappa shape index (κ1) is 18.1. The molecule has 5 nitrogen and oxygen atoms in total. The van der Waals surface area contributed by atoms with E-state index in [0.29, 0.717) is 11.8 Å². The molecule has 27 heavy (non-hydrogen) atoms. The summed E-state index contributed by atoms with van der Waals surface area (Å²) in [4.78, 5) is 15.1. The third-order valence-electron chi connectivity index (χ3n) is 6.16. The van der Waals surface area contributed by atoms with E-state index in [0.717, 1.165) is 50.2 Å². The Morgan fingerprint density at radius 2 is 1.96 bits per heavy atom. The SMILES string of the molecule is Cc1ccc(N2CCC(CNC(=O)c3cn[nH]c3C3CCCCC3)C2)cc1. The van der Waals surface area contributed by atoms with Crippen LogP contribution in [0.3, 0.4) is 0 Å². The van der Waals surface area contributed by atoms with Gasteiger partial charge in [-0.05, 0) is 44.2 Å². The summed E-state index contributed by atoms with van der Waals surface area (Å²) in [6, 6.07) is 8.71. The Morgan fingerprint density at radius 3 is 2.74 bits per heavy atom. The van der Waals surface area contributed by atoms with Crippen LogP contribution in [-0.2, 0) is 0 Å². The maximum Gasteiger partial charge on any atom is 0.254 e. The topological polar surface area (TPSA) is 61.0 Å².